The minimum Gasteiger partial charge on any atom is -0.462 e. The van der Waals surface area contributed by atoms with Crippen LogP contribution in [0, 0.1) is 5.92 Å². The van der Waals surface area contributed by atoms with Crippen LogP contribution in [0.1, 0.15) is 44.9 Å². The van der Waals surface area contributed by atoms with Gasteiger partial charge in [0.15, 0.2) is 0 Å². The van der Waals surface area contributed by atoms with Crippen molar-refractivity contribution in [1.82, 2.24) is 0 Å². The molecule has 5 nitrogen and oxygen atoms in total. The summed E-state index contributed by atoms with van der Waals surface area (Å²) in [6.45, 7) is 4.25. The third kappa shape index (κ3) is 3.35. The second-order valence-corrected chi connectivity index (χ2v) is 7.09. The van der Waals surface area contributed by atoms with Crippen molar-refractivity contribution in [3.63, 3.8) is 0 Å². The highest BCUT2D eigenvalue weighted by Crippen LogP contribution is 2.30. The second-order valence-electron chi connectivity index (χ2n) is 6.17. The fraction of sp³-hybridized carbons (Fsp3) is 0.211. The number of fused-ring (bicyclic) bond motifs is 1. The largest absolute Gasteiger partial charge is 0.462 e. The predicted molar refractivity (Wildman–Crippen MR) is 96.8 cm³/mol. The number of rotatable bonds is 4. The number of anilines is 1. The third-order valence-electron chi connectivity index (χ3n) is 3.76. The Bertz CT molecular complexity index is 858. The highest BCUT2D eigenvalue weighted by atomic mass is 79.9. The topological polar surface area (TPSA) is 63.7 Å². The molecule has 0 fully saturated rings. The number of carbonyl (C=O) groups is 3. The van der Waals surface area contributed by atoms with Crippen LogP contribution in [0.4, 0.5) is 5.69 Å². The Kier molecular flexibility index (Phi) is 4.72. The fourth-order valence-electron chi connectivity index (χ4n) is 2.52. The van der Waals surface area contributed by atoms with E-state index in [-0.39, 0.29) is 17.7 Å². The van der Waals surface area contributed by atoms with Crippen molar-refractivity contribution in [3.8, 4) is 0 Å². The zero-order valence-electron chi connectivity index (χ0n) is 13.8. The third-order valence-corrected chi connectivity index (χ3v) is 4.25. The first-order valence-electron chi connectivity index (χ1n) is 7.84. The summed E-state index contributed by atoms with van der Waals surface area (Å²) < 4.78 is 5.90. The summed E-state index contributed by atoms with van der Waals surface area (Å²) >= 11 is 3.31. The van der Waals surface area contributed by atoms with Crippen molar-refractivity contribution >= 4 is 39.4 Å². The van der Waals surface area contributed by atoms with E-state index in [0.717, 1.165) is 9.37 Å². The molecule has 0 spiro atoms. The summed E-state index contributed by atoms with van der Waals surface area (Å²) in [6, 6.07) is 11.2. The Morgan fingerprint density at radius 1 is 1.04 bits per heavy atom. The van der Waals surface area contributed by atoms with E-state index in [1.54, 1.807) is 42.5 Å². The van der Waals surface area contributed by atoms with Crippen LogP contribution in [0.25, 0.3) is 0 Å². The average molecular weight is 402 g/mol. The molecule has 0 saturated carbocycles. The van der Waals surface area contributed by atoms with Crippen LogP contribution in [-0.2, 0) is 4.74 Å². The quantitative estimate of drug-likeness (QED) is 0.572. The predicted octanol–water partition coefficient (Wildman–Crippen LogP) is 4.06. The van der Waals surface area contributed by atoms with E-state index >= 15 is 0 Å². The molecule has 2 amide bonds. The lowest BCUT2D eigenvalue weighted by atomic mass is 10.1. The molecule has 2 aromatic rings. The highest BCUT2D eigenvalue weighted by Gasteiger charge is 2.36. The molecule has 2 aromatic carbocycles. The minimum atomic E-state index is -0.424. The summed E-state index contributed by atoms with van der Waals surface area (Å²) in [4.78, 5) is 38.1. The number of ether oxygens (including phenoxy) is 1. The van der Waals surface area contributed by atoms with Crippen LogP contribution >= 0.6 is 15.9 Å². The molecule has 25 heavy (non-hydrogen) atoms. The van der Waals surface area contributed by atoms with Gasteiger partial charge < -0.3 is 4.74 Å². The van der Waals surface area contributed by atoms with Gasteiger partial charge in [0.2, 0.25) is 0 Å². The maximum Gasteiger partial charge on any atom is 0.338 e. The second kappa shape index (κ2) is 6.80. The van der Waals surface area contributed by atoms with Crippen molar-refractivity contribution in [1.29, 1.82) is 0 Å². The Balaban J connectivity index is 1.83. The van der Waals surface area contributed by atoms with Crippen molar-refractivity contribution < 1.29 is 19.1 Å². The molecule has 1 heterocycles. The molecule has 0 unspecified atom stereocenters. The lowest BCUT2D eigenvalue weighted by Crippen LogP contribution is -2.29. The first kappa shape index (κ1) is 17.4. The number of esters is 1. The monoisotopic (exact) mass is 401 g/mol. The molecule has 6 heteroatoms. The molecule has 0 aromatic heterocycles. The maximum absolute atomic E-state index is 12.5. The zero-order valence-corrected chi connectivity index (χ0v) is 15.4. The normalized spacial score (nSPS) is 13.4. The standard InChI is InChI=1S/C19H16BrNO4/c1-11(2)10-25-19(24)12-3-6-14(7-4-12)21-17(22)15-8-5-13(20)9-16(15)18(21)23/h3-9,11H,10H2,1-2H3. The number of benzene rings is 2. The molecule has 1 aliphatic heterocycles. The summed E-state index contributed by atoms with van der Waals surface area (Å²) in [7, 11) is 0. The molecule has 0 saturated heterocycles. The molecule has 0 radical (unpaired) electrons. The molecule has 1 aliphatic rings. The van der Waals surface area contributed by atoms with Crippen LogP contribution < -0.4 is 4.90 Å². The molecule has 128 valence electrons. The van der Waals surface area contributed by atoms with Gasteiger partial charge in [-0.25, -0.2) is 9.69 Å². The maximum atomic E-state index is 12.5. The van der Waals surface area contributed by atoms with Crippen LogP contribution in [0.15, 0.2) is 46.9 Å². The number of hydrogen-bond donors (Lipinski definition) is 0. The molecular weight excluding hydrogens is 386 g/mol. The van der Waals surface area contributed by atoms with Crippen LogP contribution in [-0.4, -0.2) is 24.4 Å². The summed E-state index contributed by atoms with van der Waals surface area (Å²) in [5, 5.41) is 0. The minimum absolute atomic E-state index is 0.251. The summed E-state index contributed by atoms with van der Waals surface area (Å²) in [5.41, 5.74) is 1.53. The Morgan fingerprint density at radius 2 is 1.68 bits per heavy atom. The average Bonchev–Trinajstić information content (AvgIpc) is 2.83. The number of imide groups is 1. The molecule has 0 N–H and O–H groups in total. The summed E-state index contributed by atoms with van der Waals surface area (Å²) in [6.07, 6.45) is 0. The number of nitrogens with zero attached hydrogens (tertiary/aromatic N) is 1. The van der Waals surface area contributed by atoms with E-state index in [1.165, 1.54) is 0 Å². The smallest absolute Gasteiger partial charge is 0.338 e. The zero-order chi connectivity index (χ0) is 18.1. The highest BCUT2D eigenvalue weighted by molar-refractivity contribution is 9.10. The van der Waals surface area contributed by atoms with Crippen LogP contribution in [0.5, 0.6) is 0 Å². The Hall–Kier alpha value is -2.47. The van der Waals surface area contributed by atoms with Crippen LogP contribution in [0.2, 0.25) is 0 Å². The van der Waals surface area contributed by atoms with Gasteiger partial charge in [-0.2, -0.15) is 0 Å². The number of hydrogen-bond acceptors (Lipinski definition) is 4. The first-order valence-corrected chi connectivity index (χ1v) is 8.63. The van der Waals surface area contributed by atoms with Gasteiger partial charge in [0, 0.05) is 4.47 Å². The van der Waals surface area contributed by atoms with Gasteiger partial charge in [-0.1, -0.05) is 29.8 Å². The number of amides is 2. The van der Waals surface area contributed by atoms with E-state index < -0.39 is 5.97 Å². The van der Waals surface area contributed by atoms with Crippen LogP contribution in [0.3, 0.4) is 0 Å². The first-order chi connectivity index (χ1) is 11.9. The van der Waals surface area contributed by atoms with Gasteiger partial charge in [0.25, 0.3) is 11.8 Å². The SMILES string of the molecule is CC(C)COC(=O)c1ccc(N2C(=O)c3ccc(Br)cc3C2=O)cc1. The van der Waals surface area contributed by atoms with Gasteiger partial charge in [0.05, 0.1) is 29.0 Å². The lowest BCUT2D eigenvalue weighted by Gasteiger charge is -2.14. The molecule has 0 bridgehead atoms. The molecule has 3 rings (SSSR count). The van der Waals surface area contributed by atoms with Gasteiger partial charge >= 0.3 is 5.97 Å². The van der Waals surface area contributed by atoms with Crippen molar-refractivity contribution in [2.45, 2.75) is 13.8 Å². The number of carbonyl (C=O) groups excluding carboxylic acids is 3. The molecule has 0 atom stereocenters. The van der Waals surface area contributed by atoms with E-state index in [0.29, 0.717) is 29.0 Å². The molecular formula is C19H16BrNO4. The Morgan fingerprint density at radius 3 is 2.32 bits per heavy atom. The van der Waals surface area contributed by atoms with Crippen molar-refractivity contribution in [2.75, 3.05) is 11.5 Å². The lowest BCUT2D eigenvalue weighted by molar-refractivity contribution is 0.0459. The van der Waals surface area contributed by atoms with Crippen molar-refractivity contribution in [3.05, 3.63) is 63.6 Å². The van der Waals surface area contributed by atoms with Gasteiger partial charge in [-0.15, -0.1) is 0 Å². The fourth-order valence-corrected chi connectivity index (χ4v) is 2.88. The van der Waals surface area contributed by atoms with E-state index in [1.807, 2.05) is 13.8 Å². The number of halogens is 1. The van der Waals surface area contributed by atoms with Crippen molar-refractivity contribution in [2.24, 2.45) is 5.92 Å². The molecule has 0 aliphatic carbocycles. The Labute approximate surface area is 153 Å². The van der Waals surface area contributed by atoms with Gasteiger partial charge in [-0.3, -0.25) is 9.59 Å². The summed E-state index contributed by atoms with van der Waals surface area (Å²) in [5.74, 6) is -0.925. The van der Waals surface area contributed by atoms with E-state index in [9.17, 15) is 14.4 Å². The van der Waals surface area contributed by atoms with Gasteiger partial charge in [-0.05, 0) is 48.4 Å². The van der Waals surface area contributed by atoms with E-state index in [2.05, 4.69) is 15.9 Å². The van der Waals surface area contributed by atoms with E-state index in [4.69, 9.17) is 4.74 Å². The van der Waals surface area contributed by atoms with Gasteiger partial charge in [0.1, 0.15) is 0 Å².